The molecule has 0 spiro atoms. The van der Waals surface area contributed by atoms with E-state index < -0.39 is 30.7 Å². The van der Waals surface area contributed by atoms with E-state index in [1.165, 1.54) is 19.1 Å². The molecule has 0 saturated heterocycles. The Labute approximate surface area is 109 Å². The maximum atomic E-state index is 13.8. The molecule has 19 heavy (non-hydrogen) atoms. The van der Waals surface area contributed by atoms with E-state index in [-0.39, 0.29) is 24.2 Å². The first kappa shape index (κ1) is 15.9. The lowest BCUT2D eigenvalue weighted by atomic mass is 10.0. The fourth-order valence-electron chi connectivity index (χ4n) is 1.76. The van der Waals surface area contributed by atoms with Crippen LogP contribution in [0.2, 0.25) is 0 Å². The van der Waals surface area contributed by atoms with Gasteiger partial charge in [-0.25, -0.2) is 17.6 Å². The van der Waals surface area contributed by atoms with Gasteiger partial charge in [-0.2, -0.15) is 0 Å². The molecule has 6 heteroatoms. The number of alkyl halides is 2. The molecule has 1 N–H and O–H groups in total. The van der Waals surface area contributed by atoms with Crippen molar-refractivity contribution in [2.24, 2.45) is 0 Å². The molecule has 108 valence electrons. The van der Waals surface area contributed by atoms with E-state index in [2.05, 4.69) is 5.32 Å². The summed E-state index contributed by atoms with van der Waals surface area (Å²) in [5.41, 5.74) is 0.399. The number of aryl methyl sites for hydroxylation is 1. The highest BCUT2D eigenvalue weighted by atomic mass is 19.3. The molecule has 0 bridgehead atoms. The molecular weight excluding hydrogens is 262 g/mol. The minimum Gasteiger partial charge on any atom is -0.375 e. The van der Waals surface area contributed by atoms with Crippen LogP contribution in [0, 0.1) is 18.6 Å². The standard InChI is InChI=1S/C13H17F4NO/c1-8-3-4-9(13(17)12(8)16)10(18-2)5-6-19-7-11(14)15/h3-4,10-11,18H,5-7H2,1-2H3. The summed E-state index contributed by atoms with van der Waals surface area (Å²) in [5.74, 6) is -1.79. The van der Waals surface area contributed by atoms with E-state index in [1.54, 1.807) is 7.05 Å². The normalized spacial score (nSPS) is 13.0. The summed E-state index contributed by atoms with van der Waals surface area (Å²) in [5, 5.41) is 2.82. The zero-order valence-electron chi connectivity index (χ0n) is 10.9. The second-order valence-electron chi connectivity index (χ2n) is 4.20. The lowest BCUT2D eigenvalue weighted by molar-refractivity contribution is 0.0144. The Balaban J connectivity index is 2.67. The maximum Gasteiger partial charge on any atom is 0.261 e. The van der Waals surface area contributed by atoms with Gasteiger partial charge in [-0.3, -0.25) is 0 Å². The zero-order valence-corrected chi connectivity index (χ0v) is 10.9. The summed E-state index contributed by atoms with van der Waals surface area (Å²) in [6, 6.07) is 2.49. The first-order valence-electron chi connectivity index (χ1n) is 5.95. The fraction of sp³-hybridized carbons (Fsp3) is 0.538. The number of ether oxygens (including phenoxy) is 1. The Morgan fingerprint density at radius 1 is 1.21 bits per heavy atom. The predicted octanol–water partition coefficient (Wildman–Crippen LogP) is 3.21. The van der Waals surface area contributed by atoms with E-state index in [0.717, 1.165) is 0 Å². The third-order valence-corrected chi connectivity index (χ3v) is 2.82. The molecule has 0 aliphatic rings. The first-order valence-corrected chi connectivity index (χ1v) is 5.95. The third-order valence-electron chi connectivity index (χ3n) is 2.82. The molecular formula is C13H17F4NO. The highest BCUT2D eigenvalue weighted by Crippen LogP contribution is 2.23. The van der Waals surface area contributed by atoms with Crippen LogP contribution in [0.15, 0.2) is 12.1 Å². The maximum absolute atomic E-state index is 13.8. The smallest absolute Gasteiger partial charge is 0.261 e. The van der Waals surface area contributed by atoms with Crippen LogP contribution < -0.4 is 5.32 Å². The quantitative estimate of drug-likeness (QED) is 0.611. The molecule has 1 atom stereocenters. The molecule has 0 fully saturated rings. The van der Waals surface area contributed by atoms with E-state index in [0.29, 0.717) is 0 Å². The van der Waals surface area contributed by atoms with Crippen LogP contribution in [0.1, 0.15) is 23.6 Å². The minimum absolute atomic E-state index is 0.0464. The van der Waals surface area contributed by atoms with Crippen molar-refractivity contribution in [3.05, 3.63) is 34.9 Å². The Morgan fingerprint density at radius 2 is 1.89 bits per heavy atom. The molecule has 1 unspecified atom stereocenters. The second-order valence-corrected chi connectivity index (χ2v) is 4.20. The van der Waals surface area contributed by atoms with Crippen LogP contribution in [-0.4, -0.2) is 26.7 Å². The van der Waals surface area contributed by atoms with Crippen LogP contribution in [0.3, 0.4) is 0 Å². The molecule has 0 aliphatic heterocycles. The molecule has 0 aromatic heterocycles. The molecule has 0 saturated carbocycles. The van der Waals surface area contributed by atoms with Crippen molar-refractivity contribution in [1.82, 2.24) is 5.32 Å². The Bertz CT molecular complexity index is 412. The molecule has 1 aromatic rings. The molecule has 0 amide bonds. The summed E-state index contributed by atoms with van der Waals surface area (Å²) in [4.78, 5) is 0. The molecule has 0 radical (unpaired) electrons. The number of halogens is 4. The van der Waals surface area contributed by atoms with Crippen LogP contribution in [-0.2, 0) is 4.74 Å². The van der Waals surface area contributed by atoms with Gasteiger partial charge < -0.3 is 10.1 Å². The van der Waals surface area contributed by atoms with Gasteiger partial charge in [0.25, 0.3) is 6.43 Å². The van der Waals surface area contributed by atoms with Crippen LogP contribution in [0.25, 0.3) is 0 Å². The molecule has 2 nitrogen and oxygen atoms in total. The van der Waals surface area contributed by atoms with E-state index >= 15 is 0 Å². The summed E-state index contributed by atoms with van der Waals surface area (Å²) in [6.45, 7) is 0.869. The van der Waals surface area contributed by atoms with Gasteiger partial charge in [-0.05, 0) is 26.0 Å². The van der Waals surface area contributed by atoms with Crippen molar-refractivity contribution in [3.8, 4) is 0 Å². The largest absolute Gasteiger partial charge is 0.375 e. The zero-order chi connectivity index (χ0) is 14.4. The highest BCUT2D eigenvalue weighted by Gasteiger charge is 2.18. The van der Waals surface area contributed by atoms with Crippen LogP contribution in [0.4, 0.5) is 17.6 Å². The number of hydrogen-bond acceptors (Lipinski definition) is 2. The monoisotopic (exact) mass is 279 g/mol. The van der Waals surface area contributed by atoms with Gasteiger partial charge in [0.1, 0.15) is 6.61 Å². The van der Waals surface area contributed by atoms with E-state index in [1.807, 2.05) is 0 Å². The van der Waals surface area contributed by atoms with Gasteiger partial charge >= 0.3 is 0 Å². The summed E-state index contributed by atoms with van der Waals surface area (Å²) in [6.07, 6.45) is -2.25. The number of rotatable bonds is 7. The highest BCUT2D eigenvalue weighted by molar-refractivity contribution is 5.27. The third kappa shape index (κ3) is 4.47. The average Bonchev–Trinajstić information content (AvgIpc) is 2.37. The van der Waals surface area contributed by atoms with Gasteiger partial charge in [0.15, 0.2) is 11.6 Å². The molecule has 0 heterocycles. The fourth-order valence-corrected chi connectivity index (χ4v) is 1.76. The van der Waals surface area contributed by atoms with Crippen molar-refractivity contribution >= 4 is 0 Å². The average molecular weight is 279 g/mol. The van der Waals surface area contributed by atoms with Crippen molar-refractivity contribution < 1.29 is 22.3 Å². The van der Waals surface area contributed by atoms with Gasteiger partial charge in [0.05, 0.1) is 0 Å². The minimum atomic E-state index is -2.53. The van der Waals surface area contributed by atoms with Crippen molar-refractivity contribution in [2.75, 3.05) is 20.3 Å². The lowest BCUT2D eigenvalue weighted by Crippen LogP contribution is -2.21. The molecule has 0 aliphatic carbocycles. The Hall–Kier alpha value is -1.14. The number of hydrogen-bond donors (Lipinski definition) is 1. The van der Waals surface area contributed by atoms with Gasteiger partial charge in [-0.15, -0.1) is 0 Å². The van der Waals surface area contributed by atoms with Gasteiger partial charge in [0, 0.05) is 18.2 Å². The summed E-state index contributed by atoms with van der Waals surface area (Å²) in [7, 11) is 1.59. The Kier molecular flexibility index (Phi) is 6.24. The number of nitrogens with one attached hydrogen (secondary N) is 1. The van der Waals surface area contributed by atoms with E-state index in [4.69, 9.17) is 4.74 Å². The number of benzene rings is 1. The van der Waals surface area contributed by atoms with Gasteiger partial charge in [-0.1, -0.05) is 12.1 Å². The first-order chi connectivity index (χ1) is 8.97. The van der Waals surface area contributed by atoms with E-state index in [9.17, 15) is 17.6 Å². The summed E-state index contributed by atoms with van der Waals surface area (Å²) >= 11 is 0. The lowest BCUT2D eigenvalue weighted by Gasteiger charge is -2.18. The topological polar surface area (TPSA) is 21.3 Å². The SMILES string of the molecule is CNC(CCOCC(F)F)c1ccc(C)c(F)c1F. The second kappa shape index (κ2) is 7.45. The van der Waals surface area contributed by atoms with Crippen molar-refractivity contribution in [1.29, 1.82) is 0 Å². The predicted molar refractivity (Wildman–Crippen MR) is 64.3 cm³/mol. The van der Waals surface area contributed by atoms with Crippen LogP contribution in [0.5, 0.6) is 0 Å². The van der Waals surface area contributed by atoms with Gasteiger partial charge in [0.2, 0.25) is 0 Å². The van der Waals surface area contributed by atoms with Crippen LogP contribution >= 0.6 is 0 Å². The Morgan fingerprint density at radius 3 is 2.47 bits per heavy atom. The summed E-state index contributed by atoms with van der Waals surface area (Å²) < 4.78 is 55.7. The van der Waals surface area contributed by atoms with Crippen molar-refractivity contribution in [2.45, 2.75) is 25.8 Å². The van der Waals surface area contributed by atoms with Crippen molar-refractivity contribution in [3.63, 3.8) is 0 Å². The molecule has 1 aromatic carbocycles. The molecule has 1 rings (SSSR count).